The third-order valence-electron chi connectivity index (χ3n) is 6.64. The minimum absolute atomic E-state index is 0.0813. The first-order valence-corrected chi connectivity index (χ1v) is 11.9. The summed E-state index contributed by atoms with van der Waals surface area (Å²) in [4.78, 5) is 15.1. The molecule has 1 atom stereocenters. The number of aryl methyl sites for hydroxylation is 1. The van der Waals surface area contributed by atoms with Crippen LogP contribution < -0.4 is 4.74 Å². The maximum Gasteiger partial charge on any atom is 0.268 e. The van der Waals surface area contributed by atoms with Crippen molar-refractivity contribution in [2.24, 2.45) is 0 Å². The van der Waals surface area contributed by atoms with Crippen LogP contribution >= 0.6 is 0 Å². The van der Waals surface area contributed by atoms with E-state index in [2.05, 4.69) is 17.1 Å². The average Bonchev–Trinajstić information content (AvgIpc) is 3.47. The fourth-order valence-electron chi connectivity index (χ4n) is 4.68. The van der Waals surface area contributed by atoms with Gasteiger partial charge in [0.05, 0.1) is 18.5 Å². The van der Waals surface area contributed by atoms with Gasteiger partial charge in [0.25, 0.3) is 11.8 Å². The largest absolute Gasteiger partial charge is 0.497 e. The molecule has 1 aliphatic rings. The highest BCUT2D eigenvalue weighted by Gasteiger charge is 2.25. The molecule has 2 aromatic carbocycles. The van der Waals surface area contributed by atoms with Gasteiger partial charge in [0.2, 0.25) is 5.89 Å². The van der Waals surface area contributed by atoms with E-state index >= 15 is 0 Å². The Labute approximate surface area is 204 Å². The van der Waals surface area contributed by atoms with E-state index < -0.39 is 0 Å². The van der Waals surface area contributed by atoms with Gasteiger partial charge in [0, 0.05) is 36.2 Å². The number of hydrogen-bond donors (Lipinski definition) is 0. The molecule has 0 bridgehead atoms. The first-order chi connectivity index (χ1) is 17.0. The molecular formula is C27H29N5O3. The van der Waals surface area contributed by atoms with E-state index in [9.17, 15) is 4.79 Å². The maximum atomic E-state index is 13.1. The molecular weight excluding hydrogens is 442 g/mol. The van der Waals surface area contributed by atoms with E-state index in [-0.39, 0.29) is 11.9 Å². The van der Waals surface area contributed by atoms with Gasteiger partial charge in [-0.05, 0) is 81.6 Å². The van der Waals surface area contributed by atoms with E-state index in [0.29, 0.717) is 23.0 Å². The second-order valence-corrected chi connectivity index (χ2v) is 8.98. The standard InChI is InChI=1S/C27H29N5O3/c1-17-7-5-6-16-31(17)27(33)21-8-12-22(13-9-21)32-25(20-10-14-23(34-4)15-11-20)18(2)24(30-32)26-29-28-19(3)35-26/h8-15,17H,5-7,16H2,1-4H3/t17-/m0/s1. The van der Waals surface area contributed by atoms with Gasteiger partial charge in [0.15, 0.2) is 5.69 Å². The van der Waals surface area contributed by atoms with Crippen LogP contribution in [0.5, 0.6) is 5.75 Å². The van der Waals surface area contributed by atoms with Gasteiger partial charge in [-0.15, -0.1) is 10.2 Å². The minimum atomic E-state index is 0.0813. The predicted octanol–water partition coefficient (Wildman–Crippen LogP) is 5.23. The smallest absolute Gasteiger partial charge is 0.268 e. The number of carbonyl (C=O) groups excluding carboxylic acids is 1. The highest BCUT2D eigenvalue weighted by atomic mass is 16.5. The van der Waals surface area contributed by atoms with Crippen LogP contribution in [0.3, 0.4) is 0 Å². The van der Waals surface area contributed by atoms with Crippen molar-refractivity contribution in [2.45, 2.75) is 46.1 Å². The Morgan fingerprint density at radius 3 is 2.40 bits per heavy atom. The van der Waals surface area contributed by atoms with Crippen molar-refractivity contribution >= 4 is 5.91 Å². The predicted molar refractivity (Wildman–Crippen MR) is 133 cm³/mol. The van der Waals surface area contributed by atoms with Crippen molar-refractivity contribution in [1.29, 1.82) is 0 Å². The Bertz CT molecular complexity index is 1340. The van der Waals surface area contributed by atoms with Gasteiger partial charge in [-0.3, -0.25) is 4.79 Å². The summed E-state index contributed by atoms with van der Waals surface area (Å²) in [7, 11) is 1.65. The number of amides is 1. The van der Waals surface area contributed by atoms with Gasteiger partial charge in [-0.2, -0.15) is 5.10 Å². The number of rotatable bonds is 5. The first-order valence-electron chi connectivity index (χ1n) is 11.9. The summed E-state index contributed by atoms with van der Waals surface area (Å²) in [6, 6.07) is 15.7. The minimum Gasteiger partial charge on any atom is -0.497 e. The molecule has 0 radical (unpaired) electrons. The van der Waals surface area contributed by atoms with E-state index in [4.69, 9.17) is 14.3 Å². The molecule has 5 rings (SSSR count). The molecule has 2 aromatic heterocycles. The quantitative estimate of drug-likeness (QED) is 0.396. The van der Waals surface area contributed by atoms with E-state index in [1.807, 2.05) is 65.0 Å². The molecule has 1 aliphatic heterocycles. The molecule has 180 valence electrons. The number of ether oxygens (including phenoxy) is 1. The molecule has 0 aliphatic carbocycles. The number of piperidine rings is 1. The van der Waals surface area contributed by atoms with Crippen LogP contribution in [-0.4, -0.2) is 50.5 Å². The maximum absolute atomic E-state index is 13.1. The molecule has 1 amide bonds. The summed E-state index contributed by atoms with van der Waals surface area (Å²) >= 11 is 0. The monoisotopic (exact) mass is 471 g/mol. The molecule has 0 N–H and O–H groups in total. The second kappa shape index (κ2) is 9.37. The summed E-state index contributed by atoms with van der Waals surface area (Å²) in [5, 5.41) is 13.0. The number of nitrogens with zero attached hydrogens (tertiary/aromatic N) is 5. The normalized spacial score (nSPS) is 15.9. The second-order valence-electron chi connectivity index (χ2n) is 8.98. The van der Waals surface area contributed by atoms with Crippen LogP contribution in [0, 0.1) is 13.8 Å². The lowest BCUT2D eigenvalue weighted by atomic mass is 10.0. The van der Waals surface area contributed by atoms with Crippen molar-refractivity contribution < 1.29 is 13.9 Å². The third-order valence-corrected chi connectivity index (χ3v) is 6.64. The van der Waals surface area contributed by atoms with E-state index in [1.165, 1.54) is 6.42 Å². The molecule has 0 unspecified atom stereocenters. The molecule has 8 nitrogen and oxygen atoms in total. The average molecular weight is 472 g/mol. The summed E-state index contributed by atoms with van der Waals surface area (Å²) in [6.07, 6.45) is 3.29. The number of carbonyl (C=O) groups is 1. The van der Waals surface area contributed by atoms with E-state index in [0.717, 1.165) is 47.6 Å². The summed E-state index contributed by atoms with van der Waals surface area (Å²) in [5.41, 5.74) is 4.94. The molecule has 1 saturated heterocycles. The number of methoxy groups -OCH3 is 1. The van der Waals surface area contributed by atoms with Crippen molar-refractivity contribution in [1.82, 2.24) is 24.9 Å². The van der Waals surface area contributed by atoms with E-state index in [1.54, 1.807) is 14.0 Å². The zero-order chi connectivity index (χ0) is 24.5. The highest BCUT2D eigenvalue weighted by molar-refractivity contribution is 5.94. The van der Waals surface area contributed by atoms with Crippen LogP contribution in [0.15, 0.2) is 52.9 Å². The Hall–Kier alpha value is -3.94. The van der Waals surface area contributed by atoms with Crippen molar-refractivity contribution in [2.75, 3.05) is 13.7 Å². The number of likely N-dealkylation sites (tertiary alicyclic amines) is 1. The Morgan fingerprint density at radius 1 is 1.03 bits per heavy atom. The van der Waals surface area contributed by atoms with Crippen LogP contribution in [0.1, 0.15) is 48.0 Å². The molecule has 0 saturated carbocycles. The number of aromatic nitrogens is 4. The van der Waals surface area contributed by atoms with Gasteiger partial charge in [-0.25, -0.2) is 4.68 Å². The Kier molecular flexibility index (Phi) is 6.11. The molecule has 0 spiro atoms. The van der Waals surface area contributed by atoms with Gasteiger partial charge < -0.3 is 14.1 Å². The van der Waals surface area contributed by atoms with Gasteiger partial charge >= 0.3 is 0 Å². The van der Waals surface area contributed by atoms with Gasteiger partial charge in [0.1, 0.15) is 5.75 Å². The summed E-state index contributed by atoms with van der Waals surface area (Å²) in [5.74, 6) is 1.71. The van der Waals surface area contributed by atoms with Crippen LogP contribution in [0.4, 0.5) is 0 Å². The lowest BCUT2D eigenvalue weighted by Gasteiger charge is -2.33. The molecule has 3 heterocycles. The molecule has 8 heteroatoms. The first kappa shape index (κ1) is 22.8. The fraction of sp³-hybridized carbons (Fsp3) is 0.333. The molecule has 35 heavy (non-hydrogen) atoms. The zero-order valence-corrected chi connectivity index (χ0v) is 20.5. The van der Waals surface area contributed by atoms with Crippen LogP contribution in [-0.2, 0) is 0 Å². The fourth-order valence-corrected chi connectivity index (χ4v) is 4.68. The molecule has 4 aromatic rings. The SMILES string of the molecule is COc1ccc(-c2c(C)c(-c3nnc(C)o3)nn2-c2ccc(C(=O)N3CCCC[C@@H]3C)cc2)cc1. The number of hydrogen-bond acceptors (Lipinski definition) is 6. The van der Waals surface area contributed by atoms with Crippen molar-refractivity contribution in [3.8, 4) is 34.3 Å². The van der Waals surface area contributed by atoms with Crippen LogP contribution in [0.25, 0.3) is 28.5 Å². The van der Waals surface area contributed by atoms with Crippen molar-refractivity contribution in [3.05, 3.63) is 65.5 Å². The topological polar surface area (TPSA) is 86.3 Å². The van der Waals surface area contributed by atoms with Crippen LogP contribution in [0.2, 0.25) is 0 Å². The number of benzene rings is 2. The highest BCUT2D eigenvalue weighted by Crippen LogP contribution is 2.34. The molecule has 1 fully saturated rings. The van der Waals surface area contributed by atoms with Crippen molar-refractivity contribution in [3.63, 3.8) is 0 Å². The lowest BCUT2D eigenvalue weighted by Crippen LogP contribution is -2.42. The Morgan fingerprint density at radius 2 is 1.77 bits per heavy atom. The Balaban J connectivity index is 1.55. The lowest BCUT2D eigenvalue weighted by molar-refractivity contribution is 0.0635. The third kappa shape index (κ3) is 4.32. The summed E-state index contributed by atoms with van der Waals surface area (Å²) in [6.45, 7) is 6.69. The summed E-state index contributed by atoms with van der Waals surface area (Å²) < 4.78 is 12.9. The van der Waals surface area contributed by atoms with Gasteiger partial charge in [-0.1, -0.05) is 0 Å². The zero-order valence-electron chi connectivity index (χ0n) is 20.5.